The Bertz CT molecular complexity index is 869. The molecule has 3 atom stereocenters. The van der Waals surface area contributed by atoms with Gasteiger partial charge in [0.25, 0.3) is 0 Å². The maximum atomic E-state index is 13.3. The Hall–Kier alpha value is -1.23. The molecule has 0 aromatic heterocycles. The summed E-state index contributed by atoms with van der Waals surface area (Å²) < 4.78 is 0. The number of rotatable bonds is 7. The molecule has 1 aromatic carbocycles. The molecule has 2 bridgehead atoms. The van der Waals surface area contributed by atoms with E-state index in [0.717, 1.165) is 31.8 Å². The quantitative estimate of drug-likeness (QED) is 0.425. The van der Waals surface area contributed by atoms with Gasteiger partial charge in [-0.15, -0.1) is 0 Å². The first-order chi connectivity index (χ1) is 15.3. The zero-order valence-electron chi connectivity index (χ0n) is 19.7. The highest BCUT2D eigenvalue weighted by Crippen LogP contribution is 2.59. The summed E-state index contributed by atoms with van der Waals surface area (Å²) in [6.45, 7) is 10.8. The van der Waals surface area contributed by atoms with Crippen LogP contribution < -0.4 is 5.32 Å². The van der Waals surface area contributed by atoms with E-state index in [2.05, 4.69) is 37.1 Å². The van der Waals surface area contributed by atoms with Crippen LogP contribution in [0.25, 0.3) is 0 Å². The molecule has 3 unspecified atom stereocenters. The summed E-state index contributed by atoms with van der Waals surface area (Å²) in [5.41, 5.74) is 2.48. The second-order valence-electron chi connectivity index (χ2n) is 10.5. The number of nitrogens with zero attached hydrogens (tertiary/aromatic N) is 2. The van der Waals surface area contributed by atoms with Crippen LogP contribution in [0.2, 0.25) is 10.0 Å². The van der Waals surface area contributed by atoms with Crippen molar-refractivity contribution in [3.05, 3.63) is 39.9 Å². The number of carbonyl (C=O) groups is 1. The van der Waals surface area contributed by atoms with E-state index in [-0.39, 0.29) is 6.03 Å². The van der Waals surface area contributed by atoms with Gasteiger partial charge in [0.15, 0.2) is 0 Å². The van der Waals surface area contributed by atoms with Crippen LogP contribution in [0.5, 0.6) is 0 Å². The molecule has 2 amide bonds. The van der Waals surface area contributed by atoms with E-state index in [1.54, 1.807) is 18.2 Å². The maximum Gasteiger partial charge on any atom is 0.322 e. The lowest BCUT2D eigenvalue weighted by molar-refractivity contribution is -0.00958. The number of nitrogens with one attached hydrogen (secondary N) is 1. The minimum Gasteiger partial charge on any atom is -0.320 e. The number of halogens is 2. The largest absolute Gasteiger partial charge is 0.322 e. The SMILES string of the molecule is CC1CCCCN1CCCN(CC1=CCC2CC1C2(C)C)C(=O)Nc1ccc(Cl)c(Cl)c1. The number of hydrogen-bond acceptors (Lipinski definition) is 2. The highest BCUT2D eigenvalue weighted by atomic mass is 35.5. The molecule has 1 aliphatic heterocycles. The summed E-state index contributed by atoms with van der Waals surface area (Å²) in [5, 5.41) is 3.99. The fraction of sp³-hybridized carbons (Fsp3) is 0.654. The topological polar surface area (TPSA) is 35.6 Å². The minimum absolute atomic E-state index is 0.0600. The second-order valence-corrected chi connectivity index (χ2v) is 11.4. The third kappa shape index (κ3) is 5.13. The highest BCUT2D eigenvalue weighted by molar-refractivity contribution is 6.42. The van der Waals surface area contributed by atoms with Gasteiger partial charge in [0, 0.05) is 31.4 Å². The molecule has 6 heteroatoms. The van der Waals surface area contributed by atoms with Crippen molar-refractivity contribution in [2.75, 3.05) is 31.5 Å². The van der Waals surface area contributed by atoms with Crippen LogP contribution in [0.1, 0.15) is 59.3 Å². The monoisotopic (exact) mass is 477 g/mol. The molecular weight excluding hydrogens is 441 g/mol. The van der Waals surface area contributed by atoms with Gasteiger partial charge >= 0.3 is 6.03 Å². The number of benzene rings is 1. The molecule has 1 aromatic rings. The highest BCUT2D eigenvalue weighted by Gasteiger charge is 2.51. The number of urea groups is 1. The lowest BCUT2D eigenvalue weighted by atomic mass is 9.49. The molecule has 4 nitrogen and oxygen atoms in total. The van der Waals surface area contributed by atoms with E-state index in [4.69, 9.17) is 23.2 Å². The molecule has 1 saturated carbocycles. The number of likely N-dealkylation sites (tertiary alicyclic amines) is 1. The molecule has 4 aliphatic rings. The van der Waals surface area contributed by atoms with Gasteiger partial charge in [-0.25, -0.2) is 4.79 Å². The predicted octanol–water partition coefficient (Wildman–Crippen LogP) is 7.08. The third-order valence-electron chi connectivity index (χ3n) is 8.23. The molecule has 176 valence electrons. The molecule has 32 heavy (non-hydrogen) atoms. The summed E-state index contributed by atoms with van der Waals surface area (Å²) in [7, 11) is 0. The molecule has 0 spiro atoms. The van der Waals surface area contributed by atoms with Gasteiger partial charge in [-0.05, 0) is 81.0 Å². The summed E-state index contributed by atoms with van der Waals surface area (Å²) in [6.07, 6.45) is 9.71. The van der Waals surface area contributed by atoms with Crippen molar-refractivity contribution >= 4 is 34.9 Å². The number of fused-ring (bicyclic) bond motifs is 1. The first kappa shape index (κ1) is 23.9. The van der Waals surface area contributed by atoms with Crippen molar-refractivity contribution in [3.63, 3.8) is 0 Å². The lowest BCUT2D eigenvalue weighted by Crippen LogP contribution is -2.50. The van der Waals surface area contributed by atoms with Gasteiger partial charge in [-0.3, -0.25) is 0 Å². The van der Waals surface area contributed by atoms with Gasteiger partial charge in [0.05, 0.1) is 10.0 Å². The number of anilines is 1. The minimum atomic E-state index is -0.0600. The van der Waals surface area contributed by atoms with Gasteiger partial charge in [0.1, 0.15) is 0 Å². The third-order valence-corrected chi connectivity index (χ3v) is 8.97. The van der Waals surface area contributed by atoms with Crippen LogP contribution >= 0.6 is 23.2 Å². The Morgan fingerprint density at radius 1 is 1.25 bits per heavy atom. The molecule has 1 heterocycles. The summed E-state index contributed by atoms with van der Waals surface area (Å²) >= 11 is 12.2. The van der Waals surface area contributed by atoms with Crippen LogP contribution in [-0.4, -0.2) is 48.1 Å². The van der Waals surface area contributed by atoms with Crippen molar-refractivity contribution in [1.29, 1.82) is 0 Å². The predicted molar refractivity (Wildman–Crippen MR) is 135 cm³/mol. The average molecular weight is 479 g/mol. The van der Waals surface area contributed by atoms with Crippen LogP contribution in [0, 0.1) is 17.3 Å². The molecule has 0 radical (unpaired) electrons. The van der Waals surface area contributed by atoms with Crippen LogP contribution in [-0.2, 0) is 0 Å². The van der Waals surface area contributed by atoms with Crippen LogP contribution in [0.3, 0.4) is 0 Å². The normalized spacial score (nSPS) is 26.8. The Labute approximate surface area is 203 Å². The molecule has 3 aliphatic carbocycles. The summed E-state index contributed by atoms with van der Waals surface area (Å²) in [4.78, 5) is 17.9. The zero-order chi connectivity index (χ0) is 22.9. The van der Waals surface area contributed by atoms with E-state index in [0.29, 0.717) is 39.7 Å². The number of carbonyl (C=O) groups excluding carboxylic acids is 1. The van der Waals surface area contributed by atoms with Crippen molar-refractivity contribution in [1.82, 2.24) is 9.80 Å². The maximum absolute atomic E-state index is 13.3. The van der Waals surface area contributed by atoms with Crippen LogP contribution in [0.15, 0.2) is 29.8 Å². The van der Waals surface area contributed by atoms with E-state index in [9.17, 15) is 4.79 Å². The molecule has 5 rings (SSSR count). The zero-order valence-corrected chi connectivity index (χ0v) is 21.2. The van der Waals surface area contributed by atoms with Gasteiger partial charge < -0.3 is 15.1 Å². The van der Waals surface area contributed by atoms with E-state index in [1.165, 1.54) is 37.8 Å². The fourth-order valence-electron chi connectivity index (χ4n) is 5.86. The van der Waals surface area contributed by atoms with Crippen molar-refractivity contribution < 1.29 is 4.79 Å². The number of hydrogen-bond donors (Lipinski definition) is 1. The fourth-order valence-corrected chi connectivity index (χ4v) is 6.16. The Kier molecular flexibility index (Phi) is 7.43. The number of allylic oxidation sites excluding steroid dienone is 1. The van der Waals surface area contributed by atoms with E-state index in [1.807, 2.05) is 4.90 Å². The van der Waals surface area contributed by atoms with Gasteiger partial charge in [-0.2, -0.15) is 0 Å². The average Bonchev–Trinajstić information content (AvgIpc) is 2.76. The number of piperidine rings is 1. The molecule has 2 fully saturated rings. The Morgan fingerprint density at radius 3 is 2.75 bits per heavy atom. The Morgan fingerprint density at radius 2 is 2.06 bits per heavy atom. The number of amides is 2. The van der Waals surface area contributed by atoms with Gasteiger partial charge in [0.2, 0.25) is 0 Å². The molecule has 1 N–H and O–H groups in total. The van der Waals surface area contributed by atoms with Crippen molar-refractivity contribution in [2.24, 2.45) is 17.3 Å². The Balaban J connectivity index is 1.42. The summed E-state index contributed by atoms with van der Waals surface area (Å²) in [5.74, 6) is 1.40. The molecular formula is C26H37Cl2N3O. The van der Waals surface area contributed by atoms with E-state index < -0.39 is 0 Å². The van der Waals surface area contributed by atoms with Gasteiger partial charge in [-0.1, -0.05) is 55.1 Å². The second kappa shape index (κ2) is 9.95. The van der Waals surface area contributed by atoms with Crippen molar-refractivity contribution in [3.8, 4) is 0 Å². The van der Waals surface area contributed by atoms with E-state index >= 15 is 0 Å². The van der Waals surface area contributed by atoms with Crippen molar-refractivity contribution in [2.45, 2.75) is 65.3 Å². The molecule has 1 saturated heterocycles. The van der Waals surface area contributed by atoms with Crippen LogP contribution in [0.4, 0.5) is 10.5 Å². The standard InChI is InChI=1S/C26H37Cl2N3O/c1-18-7-4-5-12-30(18)13-6-14-31(17-19-8-9-20-15-22(19)26(20,2)3)25(32)29-21-10-11-23(27)24(28)16-21/h8,10-11,16,18,20,22H,4-7,9,12-15,17H2,1-3H3,(H,29,32). The first-order valence-corrected chi connectivity index (χ1v) is 12.9. The lowest BCUT2D eigenvalue weighted by Gasteiger charge is -2.57. The smallest absolute Gasteiger partial charge is 0.320 e. The summed E-state index contributed by atoms with van der Waals surface area (Å²) in [6, 6.07) is 5.84. The first-order valence-electron chi connectivity index (χ1n) is 12.2.